The van der Waals surface area contributed by atoms with Crippen molar-refractivity contribution >= 4 is 16.9 Å². The van der Waals surface area contributed by atoms with Gasteiger partial charge in [0.2, 0.25) is 0 Å². The Kier molecular flexibility index (Phi) is 3.15. The number of para-hydroxylation sites is 1. The Labute approximate surface area is 98.8 Å². The molecule has 1 heterocycles. The second-order valence-corrected chi connectivity index (χ2v) is 3.89. The Bertz CT molecular complexity index is 541. The number of furan rings is 1. The molecule has 1 aromatic carbocycles. The van der Waals surface area contributed by atoms with E-state index in [-0.39, 0.29) is 6.42 Å². The molecule has 4 nitrogen and oxygen atoms in total. The van der Waals surface area contributed by atoms with Crippen molar-refractivity contribution in [3.63, 3.8) is 0 Å². The van der Waals surface area contributed by atoms with Crippen LogP contribution in [0.1, 0.15) is 11.3 Å². The zero-order valence-corrected chi connectivity index (χ0v) is 9.77. The van der Waals surface area contributed by atoms with Crippen molar-refractivity contribution in [3.8, 4) is 0 Å². The molecular formula is C13H14O4. The van der Waals surface area contributed by atoms with Gasteiger partial charge in [0.15, 0.2) is 6.10 Å². The fraction of sp³-hybridized carbons (Fsp3) is 0.308. The van der Waals surface area contributed by atoms with Crippen LogP contribution >= 0.6 is 0 Å². The number of benzene rings is 1. The number of aliphatic hydroxyl groups is 1. The molecule has 1 aromatic heterocycles. The van der Waals surface area contributed by atoms with Gasteiger partial charge in [0.05, 0.1) is 7.11 Å². The number of ether oxygens (including phenoxy) is 1. The summed E-state index contributed by atoms with van der Waals surface area (Å²) in [5.74, 6) is -0.0334. The lowest BCUT2D eigenvalue weighted by molar-refractivity contribution is -0.150. The molecule has 0 aliphatic carbocycles. The molecule has 1 atom stereocenters. The van der Waals surface area contributed by atoms with Gasteiger partial charge in [-0.25, -0.2) is 4.79 Å². The van der Waals surface area contributed by atoms with Gasteiger partial charge in [-0.15, -0.1) is 0 Å². The second-order valence-electron chi connectivity index (χ2n) is 3.89. The third-order valence-electron chi connectivity index (χ3n) is 2.79. The molecule has 0 aliphatic heterocycles. The number of carbonyl (C=O) groups is 1. The molecule has 1 N–H and O–H groups in total. The van der Waals surface area contributed by atoms with E-state index in [1.807, 2.05) is 31.2 Å². The zero-order valence-electron chi connectivity index (χ0n) is 9.77. The quantitative estimate of drug-likeness (QED) is 0.823. The fourth-order valence-electron chi connectivity index (χ4n) is 1.81. The van der Waals surface area contributed by atoms with Crippen molar-refractivity contribution < 1.29 is 19.1 Å². The van der Waals surface area contributed by atoms with Crippen molar-refractivity contribution in [1.82, 2.24) is 0 Å². The number of fused-ring (bicyclic) bond motifs is 1. The Hall–Kier alpha value is -1.81. The molecule has 2 aromatic rings. The summed E-state index contributed by atoms with van der Waals surface area (Å²) in [6.07, 6.45) is -1.05. The minimum absolute atomic E-state index is 0.132. The average molecular weight is 234 g/mol. The molecule has 1 unspecified atom stereocenters. The smallest absolute Gasteiger partial charge is 0.335 e. The second kappa shape index (κ2) is 4.59. The maximum Gasteiger partial charge on any atom is 0.335 e. The van der Waals surface area contributed by atoms with Crippen molar-refractivity contribution in [2.24, 2.45) is 0 Å². The first-order valence-electron chi connectivity index (χ1n) is 5.36. The molecule has 0 radical (unpaired) electrons. The summed E-state index contributed by atoms with van der Waals surface area (Å²) in [6.45, 7) is 1.91. The van der Waals surface area contributed by atoms with E-state index in [4.69, 9.17) is 4.42 Å². The summed E-state index contributed by atoms with van der Waals surface area (Å²) in [7, 11) is 1.25. The van der Waals surface area contributed by atoms with E-state index in [2.05, 4.69) is 4.74 Å². The number of carbonyl (C=O) groups excluding carboxylic acids is 1. The predicted molar refractivity (Wildman–Crippen MR) is 62.7 cm³/mol. The van der Waals surface area contributed by atoms with Crippen LogP contribution < -0.4 is 0 Å². The number of aliphatic hydroxyl groups excluding tert-OH is 1. The molecule has 0 fully saturated rings. The minimum Gasteiger partial charge on any atom is -0.467 e. The highest BCUT2D eigenvalue weighted by Gasteiger charge is 2.20. The van der Waals surface area contributed by atoms with Gasteiger partial charge in [0.1, 0.15) is 11.3 Å². The normalized spacial score (nSPS) is 12.6. The molecule has 4 heteroatoms. The van der Waals surface area contributed by atoms with E-state index >= 15 is 0 Å². The van der Waals surface area contributed by atoms with Crippen LogP contribution in [0, 0.1) is 6.92 Å². The number of hydrogen-bond donors (Lipinski definition) is 1. The average Bonchev–Trinajstić information content (AvgIpc) is 2.66. The summed E-state index contributed by atoms with van der Waals surface area (Å²) in [5, 5.41) is 10.6. The summed E-state index contributed by atoms with van der Waals surface area (Å²) in [6, 6.07) is 7.61. The molecular weight excluding hydrogens is 220 g/mol. The van der Waals surface area contributed by atoms with Crippen LogP contribution in [-0.2, 0) is 16.0 Å². The number of methoxy groups -OCH3 is 1. The van der Waals surface area contributed by atoms with Gasteiger partial charge in [-0.3, -0.25) is 0 Å². The molecule has 90 valence electrons. The van der Waals surface area contributed by atoms with Gasteiger partial charge >= 0.3 is 5.97 Å². The molecule has 0 aliphatic rings. The lowest BCUT2D eigenvalue weighted by Crippen LogP contribution is -2.24. The van der Waals surface area contributed by atoms with Crippen molar-refractivity contribution in [1.29, 1.82) is 0 Å². The topological polar surface area (TPSA) is 59.7 Å². The molecule has 0 saturated carbocycles. The van der Waals surface area contributed by atoms with Crippen LogP contribution in [0.5, 0.6) is 0 Å². The minimum atomic E-state index is -1.18. The lowest BCUT2D eigenvalue weighted by Gasteiger charge is -2.06. The van der Waals surface area contributed by atoms with Crippen molar-refractivity contribution in [2.75, 3.05) is 7.11 Å². The monoisotopic (exact) mass is 234 g/mol. The van der Waals surface area contributed by atoms with Gasteiger partial charge < -0.3 is 14.3 Å². The van der Waals surface area contributed by atoms with Gasteiger partial charge in [0.25, 0.3) is 0 Å². The van der Waals surface area contributed by atoms with Crippen LogP contribution in [0.4, 0.5) is 0 Å². The van der Waals surface area contributed by atoms with Crippen LogP contribution in [0.25, 0.3) is 11.0 Å². The molecule has 0 spiro atoms. The van der Waals surface area contributed by atoms with E-state index in [9.17, 15) is 9.90 Å². The predicted octanol–water partition coefficient (Wildman–Crippen LogP) is 1.82. The molecule has 0 bridgehead atoms. The summed E-state index contributed by atoms with van der Waals surface area (Å²) in [5.41, 5.74) is 1.71. The fourth-order valence-corrected chi connectivity index (χ4v) is 1.81. The highest BCUT2D eigenvalue weighted by atomic mass is 16.5. The van der Waals surface area contributed by atoms with Crippen LogP contribution in [-0.4, -0.2) is 24.3 Å². The molecule has 17 heavy (non-hydrogen) atoms. The number of aryl methyl sites for hydroxylation is 1. The number of rotatable bonds is 3. The largest absolute Gasteiger partial charge is 0.467 e. The Balaban J connectivity index is 2.30. The number of hydrogen-bond acceptors (Lipinski definition) is 4. The van der Waals surface area contributed by atoms with E-state index in [1.54, 1.807) is 0 Å². The number of esters is 1. The maximum absolute atomic E-state index is 11.1. The Morgan fingerprint density at radius 3 is 2.82 bits per heavy atom. The first-order valence-corrected chi connectivity index (χ1v) is 5.36. The molecule has 0 saturated heterocycles. The standard InChI is InChI=1S/C13H14O4/c1-8-9-5-3-4-6-11(9)17-12(8)7-10(14)13(15)16-2/h3-6,10,14H,7H2,1-2H3. The van der Waals surface area contributed by atoms with Crippen LogP contribution in [0.2, 0.25) is 0 Å². The van der Waals surface area contributed by atoms with Gasteiger partial charge in [-0.05, 0) is 18.6 Å². The van der Waals surface area contributed by atoms with E-state index in [0.717, 1.165) is 16.5 Å². The Morgan fingerprint density at radius 2 is 2.18 bits per heavy atom. The third-order valence-corrected chi connectivity index (χ3v) is 2.79. The van der Waals surface area contributed by atoms with Gasteiger partial charge in [-0.1, -0.05) is 18.2 Å². The van der Waals surface area contributed by atoms with Crippen molar-refractivity contribution in [3.05, 3.63) is 35.6 Å². The Morgan fingerprint density at radius 1 is 1.47 bits per heavy atom. The lowest BCUT2D eigenvalue weighted by atomic mass is 10.1. The molecule has 2 rings (SSSR count). The van der Waals surface area contributed by atoms with Crippen LogP contribution in [0.15, 0.2) is 28.7 Å². The van der Waals surface area contributed by atoms with E-state index in [0.29, 0.717) is 5.76 Å². The van der Waals surface area contributed by atoms with Gasteiger partial charge in [0, 0.05) is 11.8 Å². The van der Waals surface area contributed by atoms with Gasteiger partial charge in [-0.2, -0.15) is 0 Å². The first kappa shape index (κ1) is 11.7. The van der Waals surface area contributed by atoms with E-state index in [1.165, 1.54) is 7.11 Å². The molecule has 0 amide bonds. The van der Waals surface area contributed by atoms with Crippen molar-refractivity contribution in [2.45, 2.75) is 19.4 Å². The summed E-state index contributed by atoms with van der Waals surface area (Å²) < 4.78 is 10.1. The van der Waals surface area contributed by atoms with Crippen LogP contribution in [0.3, 0.4) is 0 Å². The first-order chi connectivity index (χ1) is 8.13. The zero-order chi connectivity index (χ0) is 12.4. The highest BCUT2D eigenvalue weighted by Crippen LogP contribution is 2.25. The third kappa shape index (κ3) is 2.17. The highest BCUT2D eigenvalue weighted by molar-refractivity contribution is 5.82. The summed E-state index contributed by atoms with van der Waals surface area (Å²) >= 11 is 0. The van der Waals surface area contributed by atoms with E-state index < -0.39 is 12.1 Å². The maximum atomic E-state index is 11.1. The summed E-state index contributed by atoms with van der Waals surface area (Å²) in [4.78, 5) is 11.1. The SMILES string of the molecule is COC(=O)C(O)Cc1oc2ccccc2c1C.